The van der Waals surface area contributed by atoms with Crippen molar-refractivity contribution < 1.29 is 0 Å². The Morgan fingerprint density at radius 3 is 1.68 bits per heavy atom. The highest BCUT2D eigenvalue weighted by Gasteiger charge is 2.43. The molecule has 2 aliphatic carbocycles. The van der Waals surface area contributed by atoms with Gasteiger partial charge in [0.15, 0.2) is 0 Å². The molecule has 0 unspecified atom stereocenters. The lowest BCUT2D eigenvalue weighted by atomic mass is 9.75. The molecule has 0 saturated carbocycles. The number of benzene rings is 2. The Kier molecular flexibility index (Phi) is 2.09. The highest BCUT2D eigenvalue weighted by Crippen LogP contribution is 2.55. The van der Waals surface area contributed by atoms with E-state index in [1.807, 2.05) is 0 Å². The second-order valence-corrected chi connectivity index (χ2v) is 6.06. The smallest absolute Gasteiger partial charge is 0.0284 e. The maximum atomic E-state index is 2.40. The number of fused-ring (bicyclic) bond motifs is 5. The number of hydrogen-bond acceptors (Lipinski definition) is 0. The van der Waals surface area contributed by atoms with Crippen LogP contribution in [0.5, 0.6) is 0 Å². The summed E-state index contributed by atoms with van der Waals surface area (Å²) in [6.07, 6.45) is 7.01. The molecule has 0 heterocycles. The van der Waals surface area contributed by atoms with Gasteiger partial charge in [0.2, 0.25) is 0 Å². The van der Waals surface area contributed by atoms with Crippen LogP contribution in [0.1, 0.15) is 35.1 Å². The predicted molar refractivity (Wildman–Crippen MR) is 80.5 cm³/mol. The molecule has 4 rings (SSSR count). The van der Waals surface area contributed by atoms with E-state index >= 15 is 0 Å². The van der Waals surface area contributed by atoms with Crippen LogP contribution in [-0.4, -0.2) is 0 Å². The molecule has 19 heavy (non-hydrogen) atoms. The van der Waals surface area contributed by atoms with Crippen LogP contribution < -0.4 is 0 Å². The van der Waals surface area contributed by atoms with Crippen LogP contribution in [0.15, 0.2) is 48.6 Å². The molecule has 2 aromatic rings. The Hall–Kier alpha value is -1.82. The van der Waals surface area contributed by atoms with E-state index in [-0.39, 0.29) is 5.41 Å². The minimum absolute atomic E-state index is 0.225. The summed E-state index contributed by atoms with van der Waals surface area (Å²) in [5.41, 5.74) is 8.94. The number of rotatable bonds is 0. The molecule has 94 valence electrons. The first-order valence-corrected chi connectivity index (χ1v) is 7.08. The zero-order valence-electron chi connectivity index (χ0n) is 11.5. The van der Waals surface area contributed by atoms with Gasteiger partial charge in [0.25, 0.3) is 0 Å². The van der Waals surface area contributed by atoms with Crippen LogP contribution in [0, 0.1) is 13.8 Å². The van der Waals surface area contributed by atoms with Gasteiger partial charge in [0.1, 0.15) is 0 Å². The van der Waals surface area contributed by atoms with Gasteiger partial charge in [-0.05, 0) is 48.9 Å². The second kappa shape index (κ2) is 3.60. The molecule has 2 aliphatic rings. The first-order chi connectivity index (χ1) is 9.21. The van der Waals surface area contributed by atoms with Crippen molar-refractivity contribution in [2.75, 3.05) is 0 Å². The van der Waals surface area contributed by atoms with Crippen LogP contribution in [0.25, 0.3) is 11.1 Å². The van der Waals surface area contributed by atoms with Gasteiger partial charge in [0, 0.05) is 5.41 Å². The molecule has 0 saturated heterocycles. The highest BCUT2D eigenvalue weighted by molar-refractivity contribution is 5.82. The average molecular weight is 246 g/mol. The summed E-state index contributed by atoms with van der Waals surface area (Å²) in [5.74, 6) is 0. The molecule has 0 nitrogen and oxygen atoms in total. The first-order valence-electron chi connectivity index (χ1n) is 7.08. The molecule has 2 aromatic carbocycles. The molecule has 0 amide bonds. The van der Waals surface area contributed by atoms with E-state index in [0.29, 0.717) is 0 Å². The van der Waals surface area contributed by atoms with Crippen molar-refractivity contribution in [3.8, 4) is 11.1 Å². The third-order valence-corrected chi connectivity index (χ3v) is 4.77. The van der Waals surface area contributed by atoms with Gasteiger partial charge >= 0.3 is 0 Å². The number of hydrogen-bond donors (Lipinski definition) is 0. The molecular formula is C19H18. The molecule has 0 bridgehead atoms. The Bertz CT molecular complexity index is 642. The van der Waals surface area contributed by atoms with Crippen LogP contribution >= 0.6 is 0 Å². The lowest BCUT2D eigenvalue weighted by Gasteiger charge is -2.27. The van der Waals surface area contributed by atoms with Crippen molar-refractivity contribution in [2.24, 2.45) is 0 Å². The zero-order chi connectivity index (χ0) is 13.0. The zero-order valence-corrected chi connectivity index (χ0v) is 11.5. The van der Waals surface area contributed by atoms with Crippen molar-refractivity contribution in [3.63, 3.8) is 0 Å². The normalized spacial score (nSPS) is 17.8. The fourth-order valence-electron chi connectivity index (χ4n) is 3.82. The fourth-order valence-corrected chi connectivity index (χ4v) is 3.82. The molecule has 0 aliphatic heterocycles. The minimum Gasteiger partial charge on any atom is -0.0873 e. The largest absolute Gasteiger partial charge is 0.0873 e. The van der Waals surface area contributed by atoms with Crippen molar-refractivity contribution in [3.05, 3.63) is 70.8 Å². The van der Waals surface area contributed by atoms with E-state index in [4.69, 9.17) is 0 Å². The molecule has 0 aromatic heterocycles. The van der Waals surface area contributed by atoms with E-state index in [1.165, 1.54) is 33.4 Å². The number of aryl methyl sites for hydroxylation is 2. The molecule has 0 N–H and O–H groups in total. The lowest BCUT2D eigenvalue weighted by molar-refractivity contribution is 0.572. The summed E-state index contributed by atoms with van der Waals surface area (Å²) in [6, 6.07) is 13.9. The topological polar surface area (TPSA) is 0 Å². The van der Waals surface area contributed by atoms with Crippen molar-refractivity contribution in [2.45, 2.75) is 32.1 Å². The minimum atomic E-state index is 0.225. The van der Waals surface area contributed by atoms with Gasteiger partial charge in [-0.25, -0.2) is 0 Å². The van der Waals surface area contributed by atoms with Crippen LogP contribution in [0.3, 0.4) is 0 Å². The summed E-state index contributed by atoms with van der Waals surface area (Å²) in [4.78, 5) is 0. The second-order valence-electron chi connectivity index (χ2n) is 6.06. The lowest BCUT2D eigenvalue weighted by Crippen LogP contribution is -2.21. The maximum absolute atomic E-state index is 2.40. The average Bonchev–Trinajstić information content (AvgIpc) is 2.97. The third kappa shape index (κ3) is 1.35. The molecular weight excluding hydrogens is 228 g/mol. The van der Waals surface area contributed by atoms with Gasteiger partial charge in [-0.1, -0.05) is 59.7 Å². The van der Waals surface area contributed by atoms with E-state index < -0.39 is 0 Å². The van der Waals surface area contributed by atoms with E-state index in [2.05, 4.69) is 62.4 Å². The first kappa shape index (κ1) is 11.0. The molecule has 0 radical (unpaired) electrons. The maximum Gasteiger partial charge on any atom is 0.0284 e. The Balaban J connectivity index is 2.08. The van der Waals surface area contributed by atoms with Crippen LogP contribution in [-0.2, 0) is 5.41 Å². The SMILES string of the molecule is Cc1ccc2c(c1)C1(CC=CC1)c1cc(C)ccc1-2. The Morgan fingerprint density at radius 2 is 1.21 bits per heavy atom. The van der Waals surface area contributed by atoms with Gasteiger partial charge in [-0.3, -0.25) is 0 Å². The van der Waals surface area contributed by atoms with Gasteiger partial charge in [-0.15, -0.1) is 0 Å². The van der Waals surface area contributed by atoms with Crippen LogP contribution in [0.2, 0.25) is 0 Å². The summed E-state index contributed by atoms with van der Waals surface area (Å²) in [6.45, 7) is 4.40. The van der Waals surface area contributed by atoms with Crippen molar-refractivity contribution in [1.82, 2.24) is 0 Å². The summed E-state index contributed by atoms with van der Waals surface area (Å²) >= 11 is 0. The Labute approximate surface area is 114 Å². The quantitative estimate of drug-likeness (QED) is 0.579. The highest BCUT2D eigenvalue weighted by atomic mass is 14.5. The van der Waals surface area contributed by atoms with E-state index in [9.17, 15) is 0 Å². The number of allylic oxidation sites excluding steroid dienone is 2. The van der Waals surface area contributed by atoms with E-state index in [0.717, 1.165) is 12.8 Å². The van der Waals surface area contributed by atoms with Crippen LogP contribution in [0.4, 0.5) is 0 Å². The monoisotopic (exact) mass is 246 g/mol. The fraction of sp³-hybridized carbons (Fsp3) is 0.263. The standard InChI is InChI=1S/C19H18/c1-13-5-7-15-16-8-6-14(2)12-18(16)19(17(15)11-13)9-3-4-10-19/h3-8,11-12H,9-10H2,1-2H3. The van der Waals surface area contributed by atoms with Crippen molar-refractivity contribution >= 4 is 0 Å². The predicted octanol–water partition coefficient (Wildman–Crippen LogP) is 4.92. The van der Waals surface area contributed by atoms with E-state index in [1.54, 1.807) is 0 Å². The molecule has 0 heteroatoms. The van der Waals surface area contributed by atoms with Gasteiger partial charge in [-0.2, -0.15) is 0 Å². The Morgan fingerprint density at radius 1 is 0.737 bits per heavy atom. The molecule has 1 spiro atoms. The van der Waals surface area contributed by atoms with Gasteiger partial charge < -0.3 is 0 Å². The summed E-state index contributed by atoms with van der Waals surface area (Å²) in [5, 5.41) is 0. The molecule has 0 fully saturated rings. The van der Waals surface area contributed by atoms with Crippen molar-refractivity contribution in [1.29, 1.82) is 0 Å². The van der Waals surface area contributed by atoms with Gasteiger partial charge in [0.05, 0.1) is 0 Å². The summed E-state index contributed by atoms with van der Waals surface area (Å²) in [7, 11) is 0. The molecule has 0 atom stereocenters. The third-order valence-electron chi connectivity index (χ3n) is 4.77. The summed E-state index contributed by atoms with van der Waals surface area (Å²) < 4.78 is 0.